The average molecular weight is 434 g/mol. The van der Waals surface area contributed by atoms with Crippen LogP contribution in [-0.4, -0.2) is 38.4 Å². The van der Waals surface area contributed by atoms with E-state index in [1.807, 2.05) is 24.3 Å². The number of aromatic nitrogens is 5. The summed E-state index contributed by atoms with van der Waals surface area (Å²) in [6.45, 7) is 11.2. The third kappa shape index (κ3) is 5.28. The van der Waals surface area contributed by atoms with Crippen LogP contribution in [0.3, 0.4) is 0 Å². The van der Waals surface area contributed by atoms with Crippen LogP contribution in [-0.2, 0) is 6.54 Å². The molecule has 0 aliphatic rings. The molecule has 7 heteroatoms. The molecule has 0 saturated carbocycles. The summed E-state index contributed by atoms with van der Waals surface area (Å²) >= 11 is 0. The molecule has 0 aliphatic carbocycles. The molecule has 168 valence electrons. The van der Waals surface area contributed by atoms with Crippen LogP contribution in [0.15, 0.2) is 48.7 Å². The number of H-pyrrole nitrogens is 1. The van der Waals surface area contributed by atoms with Crippen molar-refractivity contribution in [3.8, 4) is 22.9 Å². The van der Waals surface area contributed by atoms with Gasteiger partial charge in [0.1, 0.15) is 11.5 Å². The minimum Gasteiger partial charge on any atom is -0.494 e. The Morgan fingerprint density at radius 2 is 1.69 bits per heavy atom. The normalized spacial score (nSPS) is 11.8. The molecule has 4 rings (SSSR count). The topological polar surface area (TPSA) is 77.8 Å². The van der Waals surface area contributed by atoms with Gasteiger partial charge in [-0.05, 0) is 72.9 Å². The van der Waals surface area contributed by atoms with Crippen molar-refractivity contribution >= 4 is 10.9 Å². The Labute approximate surface area is 188 Å². The van der Waals surface area contributed by atoms with Gasteiger partial charge in [-0.25, -0.2) is 0 Å². The zero-order chi connectivity index (χ0) is 22.6. The molecule has 0 saturated heterocycles. The summed E-state index contributed by atoms with van der Waals surface area (Å²) in [7, 11) is 0. The summed E-state index contributed by atoms with van der Waals surface area (Å²) < 4.78 is 14.2. The molecule has 0 radical (unpaired) electrons. The molecule has 7 nitrogen and oxygen atoms in total. The van der Waals surface area contributed by atoms with E-state index in [-0.39, 0.29) is 5.41 Å². The molecule has 0 spiro atoms. The fourth-order valence-electron chi connectivity index (χ4n) is 3.77. The molecule has 1 N–H and O–H groups in total. The molecule has 32 heavy (non-hydrogen) atoms. The summed E-state index contributed by atoms with van der Waals surface area (Å²) in [6.07, 6.45) is 4.04. The van der Waals surface area contributed by atoms with Gasteiger partial charge in [-0.1, -0.05) is 20.8 Å². The van der Waals surface area contributed by atoms with Crippen molar-refractivity contribution in [3.63, 3.8) is 0 Å². The molecular weight excluding hydrogens is 402 g/mol. The van der Waals surface area contributed by atoms with E-state index >= 15 is 0 Å². The summed E-state index contributed by atoms with van der Waals surface area (Å²) in [5.74, 6) is 2.37. The number of fused-ring (bicyclic) bond motifs is 1. The molecule has 4 aromatic rings. The van der Waals surface area contributed by atoms with Crippen molar-refractivity contribution in [1.29, 1.82) is 0 Å². The lowest BCUT2D eigenvalue weighted by molar-refractivity contribution is 0.266. The maximum absolute atomic E-state index is 6.08. The number of unbranched alkanes of at least 4 members (excludes halogenated alkanes) is 1. The van der Waals surface area contributed by atoms with E-state index < -0.39 is 0 Å². The van der Waals surface area contributed by atoms with E-state index in [1.54, 1.807) is 0 Å². The minimum absolute atomic E-state index is 0.243. The Morgan fingerprint density at radius 1 is 0.938 bits per heavy atom. The van der Waals surface area contributed by atoms with Crippen LogP contribution in [0.5, 0.6) is 11.5 Å². The van der Waals surface area contributed by atoms with Crippen LogP contribution in [0.25, 0.3) is 22.3 Å². The first-order chi connectivity index (χ1) is 15.4. The number of rotatable bonds is 9. The minimum atomic E-state index is 0.243. The SMILES string of the molecule is Cc1c(OCCCCOc2ccc(-c3nn[nH]n3)cc2)ccc2c1ccn2CC(C)(C)C. The molecule has 2 heterocycles. The summed E-state index contributed by atoms with van der Waals surface area (Å²) in [4.78, 5) is 0. The number of aryl methyl sites for hydroxylation is 1. The highest BCUT2D eigenvalue weighted by Gasteiger charge is 2.14. The number of aromatic amines is 1. The van der Waals surface area contributed by atoms with Gasteiger partial charge in [0.05, 0.1) is 13.2 Å². The lowest BCUT2D eigenvalue weighted by atomic mass is 9.97. The van der Waals surface area contributed by atoms with Crippen LogP contribution in [0.4, 0.5) is 0 Å². The zero-order valence-electron chi connectivity index (χ0n) is 19.3. The van der Waals surface area contributed by atoms with Crippen LogP contribution >= 0.6 is 0 Å². The average Bonchev–Trinajstić information content (AvgIpc) is 3.42. The lowest BCUT2D eigenvalue weighted by Crippen LogP contribution is -2.14. The molecule has 0 amide bonds. The van der Waals surface area contributed by atoms with Crippen LogP contribution in [0.1, 0.15) is 39.2 Å². The Hall–Kier alpha value is -3.35. The zero-order valence-corrected chi connectivity index (χ0v) is 19.3. The Morgan fingerprint density at radius 3 is 2.38 bits per heavy atom. The highest BCUT2D eigenvalue weighted by molar-refractivity contribution is 5.85. The number of benzene rings is 2. The molecule has 2 aromatic heterocycles. The maximum atomic E-state index is 6.08. The van der Waals surface area contributed by atoms with Gasteiger partial charge >= 0.3 is 0 Å². The fourth-order valence-corrected chi connectivity index (χ4v) is 3.77. The maximum Gasteiger partial charge on any atom is 0.204 e. The quantitative estimate of drug-likeness (QED) is 0.357. The van der Waals surface area contributed by atoms with E-state index in [9.17, 15) is 0 Å². The van der Waals surface area contributed by atoms with Crippen molar-refractivity contribution in [1.82, 2.24) is 25.2 Å². The first kappa shape index (κ1) is 21.9. The number of tetrazole rings is 1. The van der Waals surface area contributed by atoms with Gasteiger partial charge in [-0.15, -0.1) is 10.2 Å². The van der Waals surface area contributed by atoms with Crippen LogP contribution < -0.4 is 9.47 Å². The highest BCUT2D eigenvalue weighted by Crippen LogP contribution is 2.30. The summed E-state index contributed by atoms with van der Waals surface area (Å²) in [6, 6.07) is 14.2. The van der Waals surface area contributed by atoms with Gasteiger partial charge in [0.15, 0.2) is 0 Å². The first-order valence-electron chi connectivity index (χ1n) is 11.1. The van der Waals surface area contributed by atoms with E-state index in [0.717, 1.165) is 36.4 Å². The third-order valence-electron chi connectivity index (χ3n) is 5.34. The van der Waals surface area contributed by atoms with E-state index in [2.05, 4.69) is 77.3 Å². The summed E-state index contributed by atoms with van der Waals surface area (Å²) in [5, 5.41) is 15.2. The molecule has 0 bridgehead atoms. The van der Waals surface area contributed by atoms with Crippen LogP contribution in [0, 0.1) is 12.3 Å². The van der Waals surface area contributed by atoms with Gasteiger partial charge in [-0.2, -0.15) is 5.21 Å². The molecule has 2 aromatic carbocycles. The molecular formula is C25H31N5O2. The molecule has 0 unspecified atom stereocenters. The van der Waals surface area contributed by atoms with Gasteiger partial charge in [-0.3, -0.25) is 0 Å². The van der Waals surface area contributed by atoms with Gasteiger partial charge in [0, 0.05) is 34.8 Å². The number of ether oxygens (including phenoxy) is 2. The Kier molecular flexibility index (Phi) is 6.44. The second-order valence-corrected chi connectivity index (χ2v) is 9.29. The van der Waals surface area contributed by atoms with Gasteiger partial charge in [0.25, 0.3) is 0 Å². The Balaban J connectivity index is 1.23. The summed E-state index contributed by atoms with van der Waals surface area (Å²) in [5.41, 5.74) is 3.62. The van der Waals surface area contributed by atoms with Gasteiger partial charge in [0.2, 0.25) is 5.82 Å². The molecule has 0 atom stereocenters. The van der Waals surface area contributed by atoms with Crippen molar-refractivity contribution in [3.05, 3.63) is 54.2 Å². The third-order valence-corrected chi connectivity index (χ3v) is 5.34. The van der Waals surface area contributed by atoms with E-state index in [4.69, 9.17) is 9.47 Å². The number of hydrogen-bond acceptors (Lipinski definition) is 5. The Bertz CT molecular complexity index is 1140. The monoisotopic (exact) mass is 433 g/mol. The largest absolute Gasteiger partial charge is 0.494 e. The smallest absolute Gasteiger partial charge is 0.204 e. The van der Waals surface area contributed by atoms with Crippen LogP contribution in [0.2, 0.25) is 0 Å². The predicted molar refractivity (Wildman–Crippen MR) is 126 cm³/mol. The number of nitrogens with one attached hydrogen (secondary N) is 1. The van der Waals surface area contributed by atoms with Crippen molar-refractivity contribution in [2.75, 3.05) is 13.2 Å². The second kappa shape index (κ2) is 9.42. The number of nitrogens with zero attached hydrogens (tertiary/aromatic N) is 4. The van der Waals surface area contributed by atoms with E-state index in [1.165, 1.54) is 16.5 Å². The molecule has 0 aliphatic heterocycles. The molecule has 0 fully saturated rings. The lowest BCUT2D eigenvalue weighted by Gasteiger charge is -2.20. The second-order valence-electron chi connectivity index (χ2n) is 9.29. The standard InChI is InChI=1S/C25H31N5O2/c1-18-21-13-14-30(17-25(2,3)4)22(21)11-12-23(18)32-16-6-5-15-31-20-9-7-19(8-10-20)24-26-28-29-27-24/h7-14H,5-6,15-17H2,1-4H3,(H,26,27,28,29). The predicted octanol–water partition coefficient (Wildman–Crippen LogP) is 5.41. The highest BCUT2D eigenvalue weighted by atomic mass is 16.5. The van der Waals surface area contributed by atoms with Gasteiger partial charge < -0.3 is 14.0 Å². The fraction of sp³-hybridized carbons (Fsp3) is 0.400. The van der Waals surface area contributed by atoms with Crippen molar-refractivity contribution in [2.24, 2.45) is 5.41 Å². The number of hydrogen-bond donors (Lipinski definition) is 1. The van der Waals surface area contributed by atoms with Crippen molar-refractivity contribution in [2.45, 2.75) is 47.1 Å². The van der Waals surface area contributed by atoms with Crippen molar-refractivity contribution < 1.29 is 9.47 Å². The first-order valence-corrected chi connectivity index (χ1v) is 11.1. The van der Waals surface area contributed by atoms with E-state index in [0.29, 0.717) is 19.0 Å².